The molecule has 0 saturated carbocycles. The smallest absolute Gasteiger partial charge is 0.336 e. The maximum atomic E-state index is 12.9. The minimum atomic E-state index is -0.648. The molecule has 1 saturated heterocycles. The lowest BCUT2D eigenvalue weighted by Gasteiger charge is -2.36. The molecule has 0 N–H and O–H groups in total. The molecular formula is C22H24N4O4. The number of rotatable bonds is 4. The normalized spacial score (nSPS) is 15.3. The molecule has 1 aliphatic heterocycles. The van der Waals surface area contributed by atoms with Crippen molar-refractivity contribution in [3.63, 3.8) is 0 Å². The van der Waals surface area contributed by atoms with Crippen LogP contribution in [-0.4, -0.2) is 53.1 Å². The van der Waals surface area contributed by atoms with E-state index in [0.717, 1.165) is 22.6 Å². The minimum absolute atomic E-state index is 0.0729. The maximum absolute atomic E-state index is 12.9. The third-order valence-corrected chi connectivity index (χ3v) is 5.20. The average Bonchev–Trinajstić information content (AvgIpc) is 2.74. The van der Waals surface area contributed by atoms with E-state index in [1.54, 1.807) is 42.3 Å². The summed E-state index contributed by atoms with van der Waals surface area (Å²) in [6, 6.07) is 8.27. The Kier molecular flexibility index (Phi) is 5.39. The van der Waals surface area contributed by atoms with E-state index < -0.39 is 11.7 Å². The Morgan fingerprint density at radius 1 is 1.13 bits per heavy atom. The van der Waals surface area contributed by atoms with Crippen LogP contribution in [0.4, 0.5) is 5.82 Å². The molecule has 0 radical (unpaired) electrons. The maximum Gasteiger partial charge on any atom is 0.336 e. The van der Waals surface area contributed by atoms with E-state index in [1.165, 1.54) is 6.07 Å². The second-order valence-corrected chi connectivity index (χ2v) is 7.45. The van der Waals surface area contributed by atoms with Crippen molar-refractivity contribution in [3.05, 3.63) is 58.3 Å². The third-order valence-electron chi connectivity index (χ3n) is 5.20. The van der Waals surface area contributed by atoms with Crippen LogP contribution in [0.25, 0.3) is 11.0 Å². The van der Waals surface area contributed by atoms with Crippen LogP contribution in [0.5, 0.6) is 5.75 Å². The van der Waals surface area contributed by atoms with E-state index in [9.17, 15) is 9.59 Å². The van der Waals surface area contributed by atoms with E-state index in [4.69, 9.17) is 9.15 Å². The number of piperazine rings is 1. The van der Waals surface area contributed by atoms with Gasteiger partial charge in [-0.3, -0.25) is 9.78 Å². The number of benzene rings is 1. The van der Waals surface area contributed by atoms with Gasteiger partial charge in [0.25, 0.3) is 5.91 Å². The van der Waals surface area contributed by atoms with Gasteiger partial charge in [0.1, 0.15) is 17.2 Å². The standard InChI is InChI=1S/C22H24N4O4/c1-14-13-23-15(2)21(24-14)25-8-10-26(11-9-25)22(28)16(3)29-18-6-4-17-5-7-20(27)30-19(17)12-18/h4-7,12-13,16H,8-11H2,1-3H3. The van der Waals surface area contributed by atoms with Gasteiger partial charge in [0.15, 0.2) is 6.10 Å². The van der Waals surface area contributed by atoms with Crippen LogP contribution in [0.2, 0.25) is 0 Å². The molecule has 2 aromatic heterocycles. The molecule has 1 unspecified atom stereocenters. The summed E-state index contributed by atoms with van der Waals surface area (Å²) in [5, 5.41) is 0.798. The molecule has 1 atom stereocenters. The highest BCUT2D eigenvalue weighted by Crippen LogP contribution is 2.22. The summed E-state index contributed by atoms with van der Waals surface area (Å²) in [6.07, 6.45) is 1.11. The second-order valence-electron chi connectivity index (χ2n) is 7.45. The number of aryl methyl sites for hydroxylation is 2. The highest BCUT2D eigenvalue weighted by molar-refractivity contribution is 5.82. The zero-order valence-electron chi connectivity index (χ0n) is 17.3. The Bertz CT molecular complexity index is 1140. The van der Waals surface area contributed by atoms with E-state index in [-0.39, 0.29) is 5.91 Å². The molecule has 0 spiro atoms. The zero-order valence-corrected chi connectivity index (χ0v) is 17.3. The monoisotopic (exact) mass is 408 g/mol. The lowest BCUT2D eigenvalue weighted by Crippen LogP contribution is -2.52. The number of amides is 1. The van der Waals surface area contributed by atoms with E-state index in [2.05, 4.69) is 14.9 Å². The van der Waals surface area contributed by atoms with Crippen molar-refractivity contribution in [1.82, 2.24) is 14.9 Å². The van der Waals surface area contributed by atoms with E-state index in [1.807, 2.05) is 13.8 Å². The van der Waals surface area contributed by atoms with Crippen LogP contribution in [0.1, 0.15) is 18.3 Å². The molecule has 3 aromatic rings. The number of anilines is 1. The summed E-state index contributed by atoms with van der Waals surface area (Å²) in [5.41, 5.74) is 1.78. The molecule has 1 fully saturated rings. The van der Waals surface area contributed by atoms with Gasteiger partial charge < -0.3 is 19.0 Å². The van der Waals surface area contributed by atoms with E-state index >= 15 is 0 Å². The highest BCUT2D eigenvalue weighted by Gasteiger charge is 2.27. The molecule has 8 nitrogen and oxygen atoms in total. The molecule has 8 heteroatoms. The van der Waals surface area contributed by atoms with Crippen LogP contribution in [0, 0.1) is 13.8 Å². The quantitative estimate of drug-likeness (QED) is 0.612. The average molecular weight is 408 g/mol. The van der Waals surface area contributed by atoms with Gasteiger partial charge in [0.05, 0.1) is 11.4 Å². The van der Waals surface area contributed by atoms with Gasteiger partial charge in [-0.05, 0) is 39.0 Å². The van der Waals surface area contributed by atoms with Crippen LogP contribution in [0.15, 0.2) is 45.7 Å². The van der Waals surface area contributed by atoms with Gasteiger partial charge in [-0.15, -0.1) is 0 Å². The van der Waals surface area contributed by atoms with E-state index in [0.29, 0.717) is 37.5 Å². The number of nitrogens with zero attached hydrogens (tertiary/aromatic N) is 4. The number of carbonyl (C=O) groups is 1. The Hall–Kier alpha value is -3.42. The Morgan fingerprint density at radius 2 is 1.87 bits per heavy atom. The fourth-order valence-corrected chi connectivity index (χ4v) is 3.59. The van der Waals surface area contributed by atoms with Crippen molar-refractivity contribution in [2.24, 2.45) is 0 Å². The van der Waals surface area contributed by atoms with Crippen molar-refractivity contribution < 1.29 is 13.9 Å². The summed E-state index contributed by atoms with van der Waals surface area (Å²) < 4.78 is 11.0. The zero-order chi connectivity index (χ0) is 21.3. The predicted molar refractivity (Wildman–Crippen MR) is 113 cm³/mol. The van der Waals surface area contributed by atoms with Crippen molar-refractivity contribution in [2.45, 2.75) is 26.9 Å². The third kappa shape index (κ3) is 4.12. The summed E-state index contributed by atoms with van der Waals surface area (Å²) in [4.78, 5) is 37.2. The van der Waals surface area contributed by atoms with Crippen molar-refractivity contribution in [2.75, 3.05) is 31.1 Å². The first-order valence-electron chi connectivity index (χ1n) is 9.95. The molecule has 30 heavy (non-hydrogen) atoms. The second kappa shape index (κ2) is 8.14. The lowest BCUT2D eigenvalue weighted by molar-refractivity contribution is -0.138. The summed E-state index contributed by atoms with van der Waals surface area (Å²) >= 11 is 0. The summed E-state index contributed by atoms with van der Waals surface area (Å²) in [7, 11) is 0. The molecule has 4 rings (SSSR count). The van der Waals surface area contributed by atoms with Crippen molar-refractivity contribution in [3.8, 4) is 5.75 Å². The fourth-order valence-electron chi connectivity index (χ4n) is 3.59. The number of hydrogen-bond acceptors (Lipinski definition) is 7. The van der Waals surface area contributed by atoms with Gasteiger partial charge in [0, 0.05) is 49.9 Å². The number of aromatic nitrogens is 2. The minimum Gasteiger partial charge on any atom is -0.481 e. The molecule has 3 heterocycles. The first-order valence-corrected chi connectivity index (χ1v) is 9.95. The largest absolute Gasteiger partial charge is 0.481 e. The molecular weight excluding hydrogens is 384 g/mol. The van der Waals surface area contributed by atoms with Gasteiger partial charge in [-0.1, -0.05) is 0 Å². The first-order chi connectivity index (χ1) is 14.4. The van der Waals surface area contributed by atoms with Gasteiger partial charge in [0.2, 0.25) is 0 Å². The predicted octanol–water partition coefficient (Wildman–Crippen LogP) is 2.32. The number of ether oxygens (including phenoxy) is 1. The Morgan fingerprint density at radius 3 is 2.63 bits per heavy atom. The van der Waals surface area contributed by atoms with Gasteiger partial charge >= 0.3 is 5.63 Å². The van der Waals surface area contributed by atoms with Gasteiger partial charge in [-0.25, -0.2) is 9.78 Å². The van der Waals surface area contributed by atoms with Crippen molar-refractivity contribution >= 4 is 22.7 Å². The molecule has 0 bridgehead atoms. The number of hydrogen-bond donors (Lipinski definition) is 0. The number of carbonyl (C=O) groups excluding carboxylic acids is 1. The number of fused-ring (bicyclic) bond motifs is 1. The van der Waals surface area contributed by atoms with Crippen molar-refractivity contribution in [1.29, 1.82) is 0 Å². The Balaban J connectivity index is 1.39. The van der Waals surface area contributed by atoms with Crippen LogP contribution in [-0.2, 0) is 4.79 Å². The summed E-state index contributed by atoms with van der Waals surface area (Å²) in [5.74, 6) is 1.29. The fraction of sp³-hybridized carbons (Fsp3) is 0.364. The SMILES string of the molecule is Cc1cnc(C)c(N2CCN(C(=O)C(C)Oc3ccc4ccc(=O)oc4c3)CC2)n1. The molecule has 1 amide bonds. The highest BCUT2D eigenvalue weighted by atomic mass is 16.5. The summed E-state index contributed by atoms with van der Waals surface area (Å²) in [6.45, 7) is 8.17. The topological polar surface area (TPSA) is 88.8 Å². The molecule has 156 valence electrons. The Labute approximate surface area is 174 Å². The van der Waals surface area contributed by atoms with Crippen LogP contribution < -0.4 is 15.3 Å². The molecule has 0 aliphatic carbocycles. The molecule has 1 aromatic carbocycles. The first kappa shape index (κ1) is 19.9. The molecule has 1 aliphatic rings. The van der Waals surface area contributed by atoms with Crippen LogP contribution in [0.3, 0.4) is 0 Å². The van der Waals surface area contributed by atoms with Crippen LogP contribution >= 0.6 is 0 Å². The lowest BCUT2D eigenvalue weighted by atomic mass is 10.2. The van der Waals surface area contributed by atoms with Gasteiger partial charge in [-0.2, -0.15) is 0 Å².